The van der Waals surface area contributed by atoms with E-state index in [9.17, 15) is 24.5 Å². The lowest BCUT2D eigenvalue weighted by Crippen LogP contribution is -2.31. The van der Waals surface area contributed by atoms with Gasteiger partial charge in [0.1, 0.15) is 0 Å². The number of anilines is 1. The van der Waals surface area contributed by atoms with Gasteiger partial charge in [0.25, 0.3) is 11.6 Å². The number of carbonyl (C=O) groups is 3. The molecule has 1 aliphatic heterocycles. The molecule has 8 nitrogen and oxygen atoms in total. The number of carbonyl (C=O) groups excluding carboxylic acids is 3. The molecule has 0 N–H and O–H groups in total. The summed E-state index contributed by atoms with van der Waals surface area (Å²) in [6.45, 7) is 1.77. The summed E-state index contributed by atoms with van der Waals surface area (Å²) < 4.78 is 0. The van der Waals surface area contributed by atoms with E-state index in [0.717, 1.165) is 4.90 Å². The minimum absolute atomic E-state index is 0.0433. The first-order chi connectivity index (χ1) is 13.3. The van der Waals surface area contributed by atoms with Gasteiger partial charge in [-0.2, -0.15) is 0 Å². The number of amides is 3. The number of hydrogen-bond donors (Lipinski definition) is 0. The van der Waals surface area contributed by atoms with Gasteiger partial charge in [-0.1, -0.05) is 18.2 Å². The Kier molecular flexibility index (Phi) is 5.21. The van der Waals surface area contributed by atoms with Crippen LogP contribution in [0.25, 0.3) is 0 Å². The fraction of sp³-hybridized carbons (Fsp3) is 0.250. The van der Waals surface area contributed by atoms with E-state index < -0.39 is 11.0 Å². The summed E-state index contributed by atoms with van der Waals surface area (Å²) in [5, 5.41) is 11.0. The maximum absolute atomic E-state index is 12.9. The molecule has 3 rings (SSSR count). The van der Waals surface area contributed by atoms with Crippen molar-refractivity contribution in [3.8, 4) is 0 Å². The van der Waals surface area contributed by atoms with Crippen molar-refractivity contribution < 1.29 is 19.3 Å². The monoisotopic (exact) mass is 381 g/mol. The van der Waals surface area contributed by atoms with Gasteiger partial charge in [0.15, 0.2) is 0 Å². The standard InChI is InChI=1S/C20H19N3O5/c1-13(14-5-3-8-17(11-14)23(27)28)21(2)20(26)15-6-4-7-16(12-15)22-18(24)9-10-19(22)25/h3-8,11-13H,9-10H2,1-2H3. The predicted octanol–water partition coefficient (Wildman–Crippen LogP) is 3.08. The Balaban J connectivity index is 1.84. The number of rotatable bonds is 5. The minimum Gasteiger partial charge on any atom is -0.335 e. The first-order valence-electron chi connectivity index (χ1n) is 8.77. The molecule has 0 saturated carbocycles. The molecule has 0 aromatic heterocycles. The zero-order valence-corrected chi connectivity index (χ0v) is 15.5. The minimum atomic E-state index is -0.481. The zero-order valence-electron chi connectivity index (χ0n) is 15.5. The van der Waals surface area contributed by atoms with Gasteiger partial charge in [0, 0.05) is 37.6 Å². The summed E-state index contributed by atoms with van der Waals surface area (Å²) in [5.74, 6) is -0.888. The van der Waals surface area contributed by atoms with E-state index in [2.05, 4.69) is 0 Å². The van der Waals surface area contributed by atoms with Crippen LogP contribution in [0.3, 0.4) is 0 Å². The van der Waals surface area contributed by atoms with Gasteiger partial charge in [-0.3, -0.25) is 29.4 Å². The zero-order chi connectivity index (χ0) is 20.4. The number of benzene rings is 2. The molecule has 1 atom stereocenters. The Morgan fingerprint density at radius 2 is 1.75 bits per heavy atom. The highest BCUT2D eigenvalue weighted by Gasteiger charge is 2.31. The number of nitro benzene ring substituents is 1. The fourth-order valence-electron chi connectivity index (χ4n) is 3.14. The van der Waals surface area contributed by atoms with Crippen molar-refractivity contribution in [1.29, 1.82) is 0 Å². The van der Waals surface area contributed by atoms with Crippen LogP contribution in [0.5, 0.6) is 0 Å². The molecule has 0 radical (unpaired) electrons. The molecule has 2 aromatic rings. The normalized spacial score (nSPS) is 14.9. The molecule has 0 spiro atoms. The molecule has 1 heterocycles. The quantitative estimate of drug-likeness (QED) is 0.450. The van der Waals surface area contributed by atoms with E-state index in [4.69, 9.17) is 0 Å². The molecule has 1 saturated heterocycles. The summed E-state index contributed by atoms with van der Waals surface area (Å²) in [4.78, 5) is 49.8. The van der Waals surface area contributed by atoms with Gasteiger partial charge < -0.3 is 4.90 Å². The molecule has 8 heteroatoms. The van der Waals surface area contributed by atoms with Crippen molar-refractivity contribution >= 4 is 29.1 Å². The van der Waals surface area contributed by atoms with Crippen LogP contribution < -0.4 is 4.90 Å². The number of nitrogens with zero attached hydrogens (tertiary/aromatic N) is 3. The van der Waals surface area contributed by atoms with Gasteiger partial charge >= 0.3 is 0 Å². The molecule has 0 bridgehead atoms. The molecule has 1 fully saturated rings. The van der Waals surface area contributed by atoms with Crippen LogP contribution in [0.15, 0.2) is 48.5 Å². The molecule has 144 valence electrons. The van der Waals surface area contributed by atoms with Crippen LogP contribution in [0.2, 0.25) is 0 Å². The predicted molar refractivity (Wildman–Crippen MR) is 102 cm³/mol. The SMILES string of the molecule is CC(c1cccc([N+](=O)[O-])c1)N(C)C(=O)c1cccc(N2C(=O)CCC2=O)c1. The third-order valence-corrected chi connectivity index (χ3v) is 4.87. The summed E-state index contributed by atoms with van der Waals surface area (Å²) >= 11 is 0. The average Bonchev–Trinajstić information content (AvgIpc) is 3.04. The van der Waals surface area contributed by atoms with Crippen LogP contribution in [0.1, 0.15) is 41.7 Å². The molecule has 0 aliphatic carbocycles. The lowest BCUT2D eigenvalue weighted by Gasteiger charge is -2.26. The van der Waals surface area contributed by atoms with Crippen LogP contribution in [0, 0.1) is 10.1 Å². The van der Waals surface area contributed by atoms with E-state index in [-0.39, 0.29) is 36.3 Å². The maximum atomic E-state index is 12.9. The Morgan fingerprint density at radius 3 is 2.39 bits per heavy atom. The Morgan fingerprint density at radius 1 is 1.11 bits per heavy atom. The maximum Gasteiger partial charge on any atom is 0.269 e. The molecule has 28 heavy (non-hydrogen) atoms. The number of imide groups is 1. The summed E-state index contributed by atoms with van der Waals surface area (Å²) in [5.41, 5.74) is 1.28. The molecule has 2 aromatic carbocycles. The second-order valence-electron chi connectivity index (χ2n) is 6.62. The second kappa shape index (κ2) is 7.59. The molecule has 3 amide bonds. The summed E-state index contributed by atoms with van der Waals surface area (Å²) in [6.07, 6.45) is 0.335. The van der Waals surface area contributed by atoms with Crippen molar-refractivity contribution in [2.45, 2.75) is 25.8 Å². The Labute approximate surface area is 161 Å². The third kappa shape index (κ3) is 3.62. The average molecular weight is 381 g/mol. The topological polar surface area (TPSA) is 101 Å². The first-order valence-corrected chi connectivity index (χ1v) is 8.77. The largest absolute Gasteiger partial charge is 0.335 e. The van der Waals surface area contributed by atoms with E-state index >= 15 is 0 Å². The van der Waals surface area contributed by atoms with Gasteiger partial charge in [-0.15, -0.1) is 0 Å². The van der Waals surface area contributed by atoms with Gasteiger partial charge in [-0.25, -0.2) is 0 Å². The van der Waals surface area contributed by atoms with Gasteiger partial charge in [0.05, 0.1) is 16.7 Å². The Bertz CT molecular complexity index is 956. The number of non-ortho nitro benzene ring substituents is 1. The van der Waals surface area contributed by atoms with Gasteiger partial charge in [0.2, 0.25) is 11.8 Å². The smallest absolute Gasteiger partial charge is 0.269 e. The highest BCUT2D eigenvalue weighted by molar-refractivity contribution is 6.20. The van der Waals surface area contributed by atoms with Crippen LogP contribution in [0.4, 0.5) is 11.4 Å². The lowest BCUT2D eigenvalue weighted by molar-refractivity contribution is -0.384. The Hall–Kier alpha value is -3.55. The van der Waals surface area contributed by atoms with Gasteiger partial charge in [-0.05, 0) is 30.7 Å². The summed E-state index contributed by atoms with van der Waals surface area (Å²) in [6, 6.07) is 12.1. The van der Waals surface area contributed by atoms with Crippen LogP contribution in [-0.2, 0) is 9.59 Å². The van der Waals surface area contributed by atoms with Crippen molar-refractivity contribution in [2.24, 2.45) is 0 Å². The van der Waals surface area contributed by atoms with E-state index in [1.165, 1.54) is 23.1 Å². The van der Waals surface area contributed by atoms with Crippen molar-refractivity contribution in [3.05, 3.63) is 69.8 Å². The number of nitro groups is 1. The summed E-state index contributed by atoms with van der Waals surface area (Å²) in [7, 11) is 1.60. The molecule has 1 aliphatic rings. The molecular formula is C20H19N3O5. The van der Waals surface area contributed by atoms with Crippen molar-refractivity contribution in [3.63, 3.8) is 0 Å². The van der Waals surface area contributed by atoms with E-state index in [1.54, 1.807) is 44.3 Å². The van der Waals surface area contributed by atoms with Crippen LogP contribution in [-0.4, -0.2) is 34.6 Å². The molecule has 1 unspecified atom stereocenters. The fourth-order valence-corrected chi connectivity index (χ4v) is 3.14. The molecular weight excluding hydrogens is 362 g/mol. The third-order valence-electron chi connectivity index (χ3n) is 4.87. The van der Waals surface area contributed by atoms with Crippen molar-refractivity contribution in [1.82, 2.24) is 4.90 Å². The van der Waals surface area contributed by atoms with Crippen molar-refractivity contribution in [2.75, 3.05) is 11.9 Å². The van der Waals surface area contributed by atoms with Crippen LogP contribution >= 0.6 is 0 Å². The highest BCUT2D eigenvalue weighted by atomic mass is 16.6. The lowest BCUT2D eigenvalue weighted by atomic mass is 10.1. The highest BCUT2D eigenvalue weighted by Crippen LogP contribution is 2.27. The van der Waals surface area contributed by atoms with E-state index in [0.29, 0.717) is 16.8 Å². The second-order valence-corrected chi connectivity index (χ2v) is 6.62. The number of hydrogen-bond acceptors (Lipinski definition) is 5. The van der Waals surface area contributed by atoms with E-state index in [1.807, 2.05) is 0 Å². The first kappa shape index (κ1) is 19.2.